The average molecular weight is 1490 g/mol. The van der Waals surface area contributed by atoms with Crippen LogP contribution in [0, 0.1) is 11.8 Å². The number of nitrogens with zero attached hydrogens (tertiary/aromatic N) is 12. The summed E-state index contributed by atoms with van der Waals surface area (Å²) in [6.07, 6.45) is 17.6. The van der Waals surface area contributed by atoms with Gasteiger partial charge in [0.15, 0.2) is 23.2 Å². The van der Waals surface area contributed by atoms with E-state index >= 15 is 0 Å². The largest absolute Gasteiger partial charge is 0.457 e. The summed E-state index contributed by atoms with van der Waals surface area (Å²) in [4.78, 5) is 82.1. The number of H-pyrrole nitrogens is 3. The van der Waals surface area contributed by atoms with E-state index in [0.29, 0.717) is 86.7 Å². The molecule has 2 amide bonds. The summed E-state index contributed by atoms with van der Waals surface area (Å²) in [5.74, 6) is 4.84. The van der Waals surface area contributed by atoms with Gasteiger partial charge in [0.2, 0.25) is 11.8 Å². The smallest absolute Gasteiger partial charge is 0.290 e. The second-order valence-electron chi connectivity index (χ2n) is 28.3. The molecule has 8 heterocycles. The summed E-state index contributed by atoms with van der Waals surface area (Å²) in [6.45, 7) is 11.8. The van der Waals surface area contributed by atoms with Crippen LogP contribution in [0.25, 0.3) is 66.5 Å². The van der Waals surface area contributed by atoms with E-state index in [1.54, 1.807) is 32.1 Å². The number of nitrogens with two attached hydrogens (primary N) is 3. The number of anilines is 3. The van der Waals surface area contributed by atoms with Crippen molar-refractivity contribution in [2.45, 2.75) is 102 Å². The highest BCUT2D eigenvalue weighted by molar-refractivity contribution is 6.02. The van der Waals surface area contributed by atoms with Crippen molar-refractivity contribution in [2.75, 3.05) is 57.0 Å². The highest BCUT2D eigenvalue weighted by Crippen LogP contribution is 2.41. The van der Waals surface area contributed by atoms with Crippen molar-refractivity contribution in [3.63, 3.8) is 0 Å². The Morgan fingerprint density at radius 2 is 0.937 bits per heavy atom. The Balaban J connectivity index is 0.000000139. The first-order valence-corrected chi connectivity index (χ1v) is 37.6. The molecule has 4 fully saturated rings. The van der Waals surface area contributed by atoms with Gasteiger partial charge in [-0.25, -0.2) is 15.3 Å². The SMILES string of the molecule is C=CC(=O)C1CCC[C@H]1Cn1nc(-c2ccc(Oc3ccccc3)cc2)c2c(N)n[nH]c(=O)c21.C=CC(=O)N(C)C1CCC(n2nc(-c3ccc(Oc4ccccc4)cc3)c3c(N)n[nH]c(=O)c32)CC1.Nc1n[nH]c(=O)c2c1c(-c1ccc(Oc3ccccc3)cc1)nn2[C@@H]1CCCN(C(=O)/C=C/CN2CCCCC2)C1. The van der Waals surface area contributed by atoms with E-state index in [1.807, 2.05) is 175 Å². The molecule has 16 rings (SSSR count). The molecule has 2 saturated heterocycles. The fourth-order valence-electron chi connectivity index (χ4n) is 15.5. The number of aromatic nitrogens is 12. The van der Waals surface area contributed by atoms with Gasteiger partial charge >= 0.3 is 0 Å². The van der Waals surface area contributed by atoms with Gasteiger partial charge in [-0.05, 0) is 205 Å². The number of rotatable bonds is 20. The van der Waals surface area contributed by atoms with Crippen molar-refractivity contribution in [3.05, 3.63) is 232 Å². The molecular weight excluding hydrogens is 1410 g/mol. The molecule has 27 nitrogen and oxygen atoms in total. The third-order valence-corrected chi connectivity index (χ3v) is 21.2. The molecule has 6 aromatic heterocycles. The van der Waals surface area contributed by atoms with E-state index < -0.39 is 0 Å². The summed E-state index contributed by atoms with van der Waals surface area (Å²) in [5.41, 5.74) is 23.0. The molecule has 3 atom stereocenters. The van der Waals surface area contributed by atoms with Crippen molar-refractivity contribution in [1.82, 2.24) is 74.6 Å². The van der Waals surface area contributed by atoms with Gasteiger partial charge in [0.1, 0.15) is 68.1 Å². The first-order valence-electron chi connectivity index (χ1n) is 37.6. The first-order chi connectivity index (χ1) is 54.1. The number of aromatic amines is 3. The molecule has 2 aliphatic heterocycles. The molecule has 9 N–H and O–H groups in total. The number of carbonyl (C=O) groups excluding carboxylic acids is 3. The third-order valence-electron chi connectivity index (χ3n) is 21.2. The summed E-state index contributed by atoms with van der Waals surface area (Å²) < 4.78 is 22.9. The lowest BCUT2D eigenvalue weighted by molar-refractivity contribution is -0.128. The number of ether oxygens (including phenoxy) is 3. The van der Waals surface area contributed by atoms with E-state index in [4.69, 9.17) is 46.7 Å². The Bertz CT molecular complexity index is 5530. The second-order valence-corrected chi connectivity index (χ2v) is 28.3. The average Bonchev–Trinajstić information content (AvgIpc) is 1.62. The molecule has 4 aliphatic rings. The monoisotopic (exact) mass is 1490 g/mol. The van der Waals surface area contributed by atoms with Crippen molar-refractivity contribution < 1.29 is 28.6 Å². The highest BCUT2D eigenvalue weighted by Gasteiger charge is 2.35. The molecule has 568 valence electrons. The van der Waals surface area contributed by atoms with Gasteiger partial charge in [-0.15, -0.1) is 0 Å². The number of hydrogen-bond acceptors (Lipinski definition) is 19. The number of benzene rings is 6. The van der Waals surface area contributed by atoms with Crippen LogP contribution >= 0.6 is 0 Å². The molecule has 27 heteroatoms. The Hall–Kier alpha value is -13.0. The fraction of sp³-hybridized carbons (Fsp3) is 0.286. The van der Waals surface area contributed by atoms with Crippen molar-refractivity contribution >= 4 is 67.8 Å². The maximum Gasteiger partial charge on any atom is 0.290 e. The number of amides is 2. The number of nitrogen functional groups attached to an aromatic ring is 3. The predicted octanol–water partition coefficient (Wildman–Crippen LogP) is 13.0. The van der Waals surface area contributed by atoms with Crippen LogP contribution in [-0.4, -0.2) is 138 Å². The lowest BCUT2D eigenvalue weighted by atomic mass is 9.90. The van der Waals surface area contributed by atoms with Gasteiger partial charge in [0, 0.05) is 68.0 Å². The summed E-state index contributed by atoms with van der Waals surface area (Å²) in [7, 11) is 1.80. The molecular formula is C84H88N18O9. The van der Waals surface area contributed by atoms with Crippen molar-refractivity contribution in [2.24, 2.45) is 11.8 Å². The number of likely N-dealkylation sites (tertiary alicyclic amines) is 2. The molecule has 1 unspecified atom stereocenters. The van der Waals surface area contributed by atoms with Crippen LogP contribution in [0.2, 0.25) is 0 Å². The molecule has 0 bridgehead atoms. The summed E-state index contributed by atoms with van der Waals surface area (Å²) in [5, 5.41) is 35.6. The number of carbonyl (C=O) groups is 3. The van der Waals surface area contributed by atoms with E-state index in [0.717, 1.165) is 111 Å². The van der Waals surface area contributed by atoms with Crippen molar-refractivity contribution in [3.8, 4) is 68.3 Å². The number of likely N-dealkylation sites (N-methyl/N-ethyl adjacent to an activating group) is 1. The van der Waals surface area contributed by atoms with Gasteiger partial charge in [0.25, 0.3) is 16.7 Å². The number of piperidine rings is 2. The Kier molecular flexibility index (Phi) is 22.9. The Labute approximate surface area is 639 Å². The highest BCUT2D eigenvalue weighted by atomic mass is 16.5. The van der Waals surface area contributed by atoms with Crippen LogP contribution in [0.15, 0.2) is 216 Å². The van der Waals surface area contributed by atoms with Gasteiger partial charge in [-0.3, -0.25) is 47.7 Å². The summed E-state index contributed by atoms with van der Waals surface area (Å²) >= 11 is 0. The zero-order chi connectivity index (χ0) is 77.1. The second kappa shape index (κ2) is 34.0. The molecule has 111 heavy (non-hydrogen) atoms. The third kappa shape index (κ3) is 16.8. The maximum atomic E-state index is 13.1. The maximum absolute atomic E-state index is 13.1. The quantitative estimate of drug-likeness (QED) is 0.0386. The number of hydrogen-bond donors (Lipinski definition) is 6. The normalized spacial score (nSPS) is 17.8. The Morgan fingerprint density at radius 3 is 1.41 bits per heavy atom. The lowest BCUT2D eigenvalue weighted by Crippen LogP contribution is -2.40. The van der Waals surface area contributed by atoms with E-state index in [2.05, 4.69) is 48.6 Å². The number of para-hydroxylation sites is 3. The first kappa shape index (κ1) is 74.8. The van der Waals surface area contributed by atoms with Crippen LogP contribution in [0.1, 0.15) is 89.1 Å². The summed E-state index contributed by atoms with van der Waals surface area (Å²) in [6, 6.07) is 51.1. The van der Waals surface area contributed by atoms with Crippen LogP contribution < -0.4 is 48.1 Å². The number of allylic oxidation sites excluding steroid dienone is 1. The zero-order valence-electron chi connectivity index (χ0n) is 61.7. The predicted molar refractivity (Wildman–Crippen MR) is 428 cm³/mol. The minimum atomic E-state index is -0.364. The number of fused-ring (bicyclic) bond motifs is 3. The molecule has 6 aromatic carbocycles. The lowest BCUT2D eigenvalue weighted by Gasteiger charge is -2.34. The molecule has 2 aliphatic carbocycles. The minimum absolute atomic E-state index is 0.00695. The van der Waals surface area contributed by atoms with E-state index in [-0.39, 0.29) is 81.7 Å². The van der Waals surface area contributed by atoms with Crippen molar-refractivity contribution in [1.29, 1.82) is 0 Å². The van der Waals surface area contributed by atoms with Crippen LogP contribution in [0.3, 0.4) is 0 Å². The Morgan fingerprint density at radius 1 is 0.495 bits per heavy atom. The van der Waals surface area contributed by atoms with E-state index in [1.165, 1.54) is 31.4 Å². The standard InChI is InChI=1S/C31H35N7O3.C27H28N6O3.C26H25N5O3/c32-30-27-28(22-13-15-25(16-14-22)41-24-10-3-1-4-11-24)35-38(29(27)31(40)34-33-30)23-9-7-20-37(21-23)26(39)12-8-19-36-17-5-2-6-18-36;1-3-22(34)32(2)18-11-13-19(14-12-18)33-25-23(26(28)29-30-27(25)35)24(31-33)17-9-15-21(16-10-17)36-20-7-5-4-6-8-20;1-2-21(32)20-10-6-7-17(20)15-31-24-22(25(27)28-29-26(24)33)23(30-31)16-11-13-19(14-12-16)34-18-8-4-3-5-9-18/h1,3-4,8,10-16,23H,2,5-7,9,17-21H2,(H2,32,33)(H,34,40);3-10,15-16,18-19H,1,11-14H2,2H3,(H2,28,29)(H,30,35);2-5,8-9,11-14,17,20H,1,6-7,10,15H2,(H2,27,28)(H,29,33)/b12-8+;;/t23-;;17-,20?/m1.0/s1. The topological polar surface area (TPSA) is 357 Å². The van der Waals surface area contributed by atoms with Crippen LogP contribution in [0.5, 0.6) is 34.5 Å². The zero-order valence-corrected chi connectivity index (χ0v) is 61.7. The van der Waals surface area contributed by atoms with Gasteiger partial charge < -0.3 is 41.2 Å². The van der Waals surface area contributed by atoms with Gasteiger partial charge in [0.05, 0.1) is 28.2 Å². The van der Waals surface area contributed by atoms with Crippen LogP contribution in [-0.2, 0) is 20.9 Å². The number of ketones is 1. The minimum Gasteiger partial charge on any atom is -0.457 e. The number of nitrogens with one attached hydrogen (secondary N) is 3. The van der Waals surface area contributed by atoms with E-state index in [9.17, 15) is 28.8 Å². The molecule has 0 spiro atoms. The van der Waals surface area contributed by atoms with Crippen LogP contribution in [0.4, 0.5) is 17.5 Å². The molecule has 12 aromatic rings. The van der Waals surface area contributed by atoms with Gasteiger partial charge in [-0.1, -0.05) is 86.7 Å². The molecule has 0 radical (unpaired) electrons. The van der Waals surface area contributed by atoms with Gasteiger partial charge in [-0.2, -0.15) is 30.6 Å². The fourth-order valence-corrected chi connectivity index (χ4v) is 15.5. The molecule has 2 saturated carbocycles.